The minimum atomic E-state index is 0.149. The lowest BCUT2D eigenvalue weighted by atomic mass is 9.80. The number of nitrogen functional groups attached to an aromatic ring is 1. The summed E-state index contributed by atoms with van der Waals surface area (Å²) in [5.41, 5.74) is 13.7. The van der Waals surface area contributed by atoms with Gasteiger partial charge in [-0.3, -0.25) is 10.1 Å². The van der Waals surface area contributed by atoms with Crippen molar-refractivity contribution >= 4 is 29.9 Å². The number of rotatable bonds is 4. The largest absolute Gasteiger partial charge is 0.383 e. The highest BCUT2D eigenvalue weighted by Crippen LogP contribution is 2.38. The zero-order chi connectivity index (χ0) is 20.3. The van der Waals surface area contributed by atoms with Crippen LogP contribution in [0, 0.1) is 16.7 Å². The maximum atomic E-state index is 9.41. The molecule has 0 radical (unpaired) electrons. The maximum absolute atomic E-state index is 9.41. The summed E-state index contributed by atoms with van der Waals surface area (Å²) in [6.07, 6.45) is 3.58. The minimum Gasteiger partial charge on any atom is -0.383 e. The Hall–Kier alpha value is -3.25. The van der Waals surface area contributed by atoms with Crippen molar-refractivity contribution in [3.05, 3.63) is 17.8 Å². The van der Waals surface area contributed by atoms with Crippen molar-refractivity contribution in [1.29, 1.82) is 5.26 Å². The van der Waals surface area contributed by atoms with Crippen LogP contribution in [0.15, 0.2) is 22.2 Å². The van der Waals surface area contributed by atoms with E-state index >= 15 is 0 Å². The number of hydrogen-bond acceptors (Lipinski definition) is 7. The van der Waals surface area contributed by atoms with E-state index in [2.05, 4.69) is 49.8 Å². The van der Waals surface area contributed by atoms with Gasteiger partial charge in [-0.25, -0.2) is 9.98 Å². The second-order valence-corrected chi connectivity index (χ2v) is 7.32. The first-order valence-electron chi connectivity index (χ1n) is 9.13. The highest BCUT2D eigenvalue weighted by atomic mass is 15.2. The molecule has 1 aliphatic heterocycles. The Balaban J connectivity index is 1.91. The predicted octanol–water partition coefficient (Wildman–Crippen LogP) is 2.37. The van der Waals surface area contributed by atoms with Crippen LogP contribution in [0.2, 0.25) is 0 Å². The van der Waals surface area contributed by atoms with Crippen LogP contribution in [0.5, 0.6) is 0 Å². The number of nitrogens with two attached hydrogens (primary N) is 2. The molecule has 0 spiro atoms. The molecule has 0 bridgehead atoms. The summed E-state index contributed by atoms with van der Waals surface area (Å²) < 4.78 is 0. The van der Waals surface area contributed by atoms with Crippen molar-refractivity contribution in [1.82, 2.24) is 20.1 Å². The summed E-state index contributed by atoms with van der Waals surface area (Å²) in [6, 6.07) is 3.75. The number of anilines is 1. The van der Waals surface area contributed by atoms with E-state index in [0.29, 0.717) is 29.3 Å². The van der Waals surface area contributed by atoms with Gasteiger partial charge in [0.15, 0.2) is 5.82 Å². The van der Waals surface area contributed by atoms with Crippen molar-refractivity contribution < 1.29 is 0 Å². The predicted molar refractivity (Wildman–Crippen MR) is 111 cm³/mol. The third-order valence-electron chi connectivity index (χ3n) is 5.42. The summed E-state index contributed by atoms with van der Waals surface area (Å²) in [7, 11) is 0. The quantitative estimate of drug-likeness (QED) is 0.549. The van der Waals surface area contributed by atoms with Crippen LogP contribution in [0.1, 0.15) is 32.3 Å². The number of aromatic nitrogens is 3. The molecule has 9 nitrogen and oxygen atoms in total. The monoisotopic (exact) mass is 379 g/mol. The SMILES string of the molecule is C=Nc1c(-c2ccnc(N)c2C#N)n[nH]c1/N=C(\C)N1CCC(C)(CN)CC1. The molecule has 0 aliphatic carbocycles. The summed E-state index contributed by atoms with van der Waals surface area (Å²) in [4.78, 5) is 15.0. The number of hydrogen-bond donors (Lipinski definition) is 3. The average Bonchev–Trinajstić information content (AvgIpc) is 3.10. The normalized spacial score (nSPS) is 16.6. The van der Waals surface area contributed by atoms with E-state index in [1.54, 1.807) is 6.07 Å². The van der Waals surface area contributed by atoms with Gasteiger partial charge in [0.1, 0.15) is 34.7 Å². The van der Waals surface area contributed by atoms with Crippen molar-refractivity contribution in [3.8, 4) is 17.3 Å². The van der Waals surface area contributed by atoms with Gasteiger partial charge >= 0.3 is 0 Å². The van der Waals surface area contributed by atoms with Crippen molar-refractivity contribution in [2.75, 3.05) is 25.4 Å². The van der Waals surface area contributed by atoms with E-state index < -0.39 is 0 Å². The maximum Gasteiger partial charge on any atom is 0.176 e. The molecular formula is C19H25N9. The molecule has 28 heavy (non-hydrogen) atoms. The Morgan fingerprint density at radius 1 is 1.46 bits per heavy atom. The van der Waals surface area contributed by atoms with Gasteiger partial charge < -0.3 is 16.4 Å². The topological polar surface area (TPSA) is 145 Å². The van der Waals surface area contributed by atoms with Gasteiger partial charge in [0, 0.05) is 24.8 Å². The zero-order valence-corrected chi connectivity index (χ0v) is 16.2. The number of pyridine rings is 1. The lowest BCUT2D eigenvalue weighted by Crippen LogP contribution is -2.44. The third-order valence-corrected chi connectivity index (χ3v) is 5.42. The summed E-state index contributed by atoms with van der Waals surface area (Å²) in [6.45, 7) is 10.3. The number of aliphatic imine (C=N–C) groups is 2. The number of H-pyrrole nitrogens is 1. The number of piperidine rings is 1. The molecule has 1 fully saturated rings. The van der Waals surface area contributed by atoms with Gasteiger partial charge in [0.2, 0.25) is 0 Å². The molecule has 2 aromatic rings. The standard InChI is InChI=1S/C19H25N9/c1-12(28-8-5-19(2,11-21)6-9-28)25-18-16(23-3)15(26-27-18)13-4-7-24-17(22)14(13)10-20/h4,7H,3,5-6,8-9,11,21H2,1-2H3,(H2,22,24)(H,26,27)/b25-12+. The van der Waals surface area contributed by atoms with Crippen molar-refractivity contribution in [3.63, 3.8) is 0 Å². The second kappa shape index (κ2) is 7.78. The first-order chi connectivity index (χ1) is 13.4. The Labute approximate surface area is 164 Å². The molecule has 1 saturated heterocycles. The lowest BCUT2D eigenvalue weighted by Gasteiger charge is -2.39. The fourth-order valence-electron chi connectivity index (χ4n) is 3.34. The number of aromatic amines is 1. The number of amidine groups is 1. The summed E-state index contributed by atoms with van der Waals surface area (Å²) in [5.74, 6) is 1.51. The smallest absolute Gasteiger partial charge is 0.176 e. The van der Waals surface area contributed by atoms with Gasteiger partial charge in [-0.05, 0) is 44.5 Å². The molecule has 9 heteroatoms. The number of likely N-dealkylation sites (tertiary alicyclic amines) is 1. The molecule has 5 N–H and O–H groups in total. The molecule has 2 aromatic heterocycles. The van der Waals surface area contributed by atoms with Crippen LogP contribution < -0.4 is 11.5 Å². The molecule has 146 valence electrons. The Morgan fingerprint density at radius 2 is 2.18 bits per heavy atom. The number of nitrogens with one attached hydrogen (secondary N) is 1. The molecule has 0 atom stereocenters. The first-order valence-corrected chi connectivity index (χ1v) is 9.13. The van der Waals surface area contributed by atoms with Crippen LogP contribution in [0.3, 0.4) is 0 Å². The molecule has 0 amide bonds. The molecular weight excluding hydrogens is 354 g/mol. The van der Waals surface area contributed by atoms with Crippen LogP contribution in [0.4, 0.5) is 17.3 Å². The molecule has 0 aromatic carbocycles. The summed E-state index contributed by atoms with van der Waals surface area (Å²) >= 11 is 0. The fraction of sp³-hybridized carbons (Fsp3) is 0.421. The van der Waals surface area contributed by atoms with E-state index in [1.165, 1.54) is 6.20 Å². The highest BCUT2D eigenvalue weighted by Gasteiger charge is 2.29. The number of nitrogens with zero attached hydrogens (tertiary/aromatic N) is 6. The average molecular weight is 379 g/mol. The van der Waals surface area contributed by atoms with E-state index in [9.17, 15) is 5.26 Å². The molecule has 1 aliphatic rings. The van der Waals surface area contributed by atoms with Crippen LogP contribution >= 0.6 is 0 Å². The van der Waals surface area contributed by atoms with Crippen LogP contribution in [-0.2, 0) is 0 Å². The molecule has 0 unspecified atom stereocenters. The first kappa shape index (κ1) is 19.5. The van der Waals surface area contributed by atoms with Crippen molar-refractivity contribution in [2.45, 2.75) is 26.7 Å². The third kappa shape index (κ3) is 3.59. The van der Waals surface area contributed by atoms with Crippen molar-refractivity contribution in [2.24, 2.45) is 21.1 Å². The Morgan fingerprint density at radius 3 is 2.79 bits per heavy atom. The van der Waals surface area contributed by atoms with Gasteiger partial charge in [-0.2, -0.15) is 10.4 Å². The van der Waals surface area contributed by atoms with Gasteiger partial charge in [-0.1, -0.05) is 6.92 Å². The highest BCUT2D eigenvalue weighted by molar-refractivity contribution is 5.89. The molecule has 3 heterocycles. The lowest BCUT2D eigenvalue weighted by molar-refractivity contribution is 0.175. The number of nitriles is 1. The minimum absolute atomic E-state index is 0.149. The van der Waals surface area contributed by atoms with Crippen LogP contribution in [0.25, 0.3) is 11.3 Å². The second-order valence-electron chi connectivity index (χ2n) is 7.32. The Kier molecular flexibility index (Phi) is 5.42. The molecule has 0 saturated carbocycles. The van der Waals surface area contributed by atoms with E-state index in [0.717, 1.165) is 31.8 Å². The van der Waals surface area contributed by atoms with Gasteiger partial charge in [-0.15, -0.1) is 0 Å². The molecule has 3 rings (SSSR count). The van der Waals surface area contributed by atoms with E-state index in [1.807, 2.05) is 6.92 Å². The van der Waals surface area contributed by atoms with Crippen LogP contribution in [-0.4, -0.2) is 52.3 Å². The van der Waals surface area contributed by atoms with E-state index in [4.69, 9.17) is 11.5 Å². The summed E-state index contributed by atoms with van der Waals surface area (Å²) in [5, 5.41) is 16.6. The van der Waals surface area contributed by atoms with E-state index in [-0.39, 0.29) is 16.8 Å². The van der Waals surface area contributed by atoms with Gasteiger partial charge in [0.05, 0.1) is 0 Å². The van der Waals surface area contributed by atoms with Gasteiger partial charge in [0.25, 0.3) is 0 Å². The zero-order valence-electron chi connectivity index (χ0n) is 16.2. The Bertz CT molecular complexity index is 943. The fourth-order valence-corrected chi connectivity index (χ4v) is 3.34.